The summed E-state index contributed by atoms with van der Waals surface area (Å²) in [5, 5.41) is 0. The molecule has 6 unspecified atom stereocenters. The van der Waals surface area contributed by atoms with Gasteiger partial charge in [0.15, 0.2) is 0 Å². The summed E-state index contributed by atoms with van der Waals surface area (Å²) in [6, 6.07) is 0. The van der Waals surface area contributed by atoms with Gasteiger partial charge >= 0.3 is 5.97 Å². The maximum atomic E-state index is 12.9. The molecule has 0 N–H and O–H groups in total. The van der Waals surface area contributed by atoms with Gasteiger partial charge in [-0.05, 0) is 99.7 Å². The van der Waals surface area contributed by atoms with Crippen molar-refractivity contribution in [3.8, 4) is 0 Å². The molecule has 0 amide bonds. The zero-order valence-corrected chi connectivity index (χ0v) is 21.0. The number of rotatable bonds is 6. The van der Waals surface area contributed by atoms with Gasteiger partial charge in [-0.15, -0.1) is 0 Å². The molecule has 3 aliphatic carbocycles. The fourth-order valence-corrected chi connectivity index (χ4v) is 7.71. The van der Waals surface area contributed by atoms with Crippen LogP contribution in [0.3, 0.4) is 0 Å². The first-order valence-corrected chi connectivity index (χ1v) is 12.5. The molecule has 30 heavy (non-hydrogen) atoms. The summed E-state index contributed by atoms with van der Waals surface area (Å²) in [5.41, 5.74) is 5.72. The molecule has 170 valence electrons. The van der Waals surface area contributed by atoms with Crippen LogP contribution in [0.1, 0.15) is 106 Å². The summed E-state index contributed by atoms with van der Waals surface area (Å²) in [6.45, 7) is 16.7. The van der Waals surface area contributed by atoms with E-state index in [9.17, 15) is 4.79 Å². The zero-order chi connectivity index (χ0) is 22.3. The Morgan fingerprint density at radius 3 is 2.43 bits per heavy atom. The number of hydrogen-bond acceptors (Lipinski definition) is 2. The van der Waals surface area contributed by atoms with Gasteiger partial charge < -0.3 is 4.74 Å². The van der Waals surface area contributed by atoms with Crippen molar-refractivity contribution < 1.29 is 9.53 Å². The fourth-order valence-electron chi connectivity index (χ4n) is 7.71. The lowest BCUT2D eigenvalue weighted by atomic mass is 9.47. The number of carbonyl (C=O) groups excluding carboxylic acids is 1. The van der Waals surface area contributed by atoms with Crippen molar-refractivity contribution in [2.45, 2.75) is 106 Å². The Morgan fingerprint density at radius 1 is 1.13 bits per heavy atom. The molecular formula is C28H46O2. The topological polar surface area (TPSA) is 26.3 Å². The molecule has 6 atom stereocenters. The van der Waals surface area contributed by atoms with Crippen LogP contribution >= 0.6 is 0 Å². The maximum Gasteiger partial charge on any atom is 0.308 e. The van der Waals surface area contributed by atoms with E-state index in [4.69, 9.17) is 4.74 Å². The molecule has 0 bridgehead atoms. The Bertz CT molecular complexity index is 727. The summed E-state index contributed by atoms with van der Waals surface area (Å²) in [5.74, 6) is 1.25. The molecule has 0 aliphatic heterocycles. The van der Waals surface area contributed by atoms with Crippen molar-refractivity contribution in [1.82, 2.24) is 0 Å². The largest absolute Gasteiger partial charge is 0.469 e. The molecule has 0 radical (unpaired) electrons. The number of methoxy groups -OCH3 is 1. The molecule has 3 rings (SSSR count). The SMILES string of the molecule is CCC1(C)C2=C(CCC1C)C1(C)CCC(C(CCC=C(C)C)C(=O)OC)C1(C)CC2. The van der Waals surface area contributed by atoms with E-state index in [1.165, 1.54) is 44.1 Å². The monoisotopic (exact) mass is 414 g/mol. The highest BCUT2D eigenvalue weighted by Gasteiger charge is 2.62. The minimum absolute atomic E-state index is 0.0167. The molecule has 0 saturated heterocycles. The highest BCUT2D eigenvalue weighted by Crippen LogP contribution is 2.70. The lowest BCUT2D eigenvalue weighted by Crippen LogP contribution is -2.48. The van der Waals surface area contributed by atoms with E-state index < -0.39 is 0 Å². The minimum Gasteiger partial charge on any atom is -0.469 e. The Balaban J connectivity index is 1.98. The Morgan fingerprint density at radius 2 is 1.83 bits per heavy atom. The second kappa shape index (κ2) is 8.47. The smallest absolute Gasteiger partial charge is 0.308 e. The first-order valence-electron chi connectivity index (χ1n) is 12.5. The lowest BCUT2D eigenvalue weighted by molar-refractivity contribution is -0.150. The highest BCUT2D eigenvalue weighted by atomic mass is 16.5. The second-order valence-corrected chi connectivity index (χ2v) is 11.6. The van der Waals surface area contributed by atoms with Crippen molar-refractivity contribution in [1.29, 1.82) is 0 Å². The van der Waals surface area contributed by atoms with Crippen LogP contribution in [0, 0.1) is 34.0 Å². The van der Waals surface area contributed by atoms with Gasteiger partial charge in [-0.1, -0.05) is 57.4 Å². The number of ether oxygens (including phenoxy) is 1. The first-order chi connectivity index (χ1) is 14.0. The van der Waals surface area contributed by atoms with Gasteiger partial charge in [-0.2, -0.15) is 0 Å². The maximum absolute atomic E-state index is 12.9. The van der Waals surface area contributed by atoms with E-state index in [0.29, 0.717) is 11.3 Å². The van der Waals surface area contributed by atoms with Gasteiger partial charge in [0.2, 0.25) is 0 Å². The molecule has 2 heteroatoms. The number of allylic oxidation sites excluding steroid dienone is 4. The predicted octanol–water partition coefficient (Wildman–Crippen LogP) is 7.88. The molecule has 0 aromatic carbocycles. The van der Waals surface area contributed by atoms with Crippen LogP contribution in [-0.2, 0) is 9.53 Å². The van der Waals surface area contributed by atoms with Crippen LogP contribution in [0.4, 0.5) is 0 Å². The predicted molar refractivity (Wildman–Crippen MR) is 126 cm³/mol. The van der Waals surface area contributed by atoms with Gasteiger partial charge in [0.1, 0.15) is 0 Å². The molecule has 0 spiro atoms. The van der Waals surface area contributed by atoms with Crippen LogP contribution in [0.2, 0.25) is 0 Å². The van der Waals surface area contributed by atoms with E-state index in [1.807, 2.05) is 0 Å². The van der Waals surface area contributed by atoms with Crippen LogP contribution in [-0.4, -0.2) is 13.1 Å². The van der Waals surface area contributed by atoms with Gasteiger partial charge in [-0.25, -0.2) is 0 Å². The molecule has 3 aliphatic rings. The van der Waals surface area contributed by atoms with Gasteiger partial charge in [0.25, 0.3) is 0 Å². The molecule has 0 heterocycles. The molecule has 2 nitrogen and oxygen atoms in total. The normalized spacial score (nSPS) is 39.2. The Labute approximate surface area is 185 Å². The van der Waals surface area contributed by atoms with E-state index in [-0.39, 0.29) is 22.7 Å². The summed E-state index contributed by atoms with van der Waals surface area (Å²) < 4.78 is 5.34. The average Bonchev–Trinajstić information content (AvgIpc) is 2.98. The highest BCUT2D eigenvalue weighted by molar-refractivity contribution is 5.73. The van der Waals surface area contributed by atoms with E-state index in [1.54, 1.807) is 18.3 Å². The minimum atomic E-state index is 0.0167. The first kappa shape index (κ1) is 23.6. The standard InChI is InChI=1S/C28H46O2/c1-9-26(5)20(4)13-14-24-23(26)16-18-27(6)22(15-17-28(24,27)7)21(25(29)30-8)12-10-11-19(2)3/h11,20-22H,9-10,12-18H2,1-8H3. The van der Waals surface area contributed by atoms with Crippen LogP contribution in [0.5, 0.6) is 0 Å². The third-order valence-electron chi connectivity index (χ3n) is 10.3. The molecule has 0 aromatic rings. The molecular weight excluding hydrogens is 368 g/mol. The number of hydrogen-bond donors (Lipinski definition) is 0. The van der Waals surface area contributed by atoms with Gasteiger partial charge in [0, 0.05) is 0 Å². The lowest BCUT2D eigenvalue weighted by Gasteiger charge is -2.57. The van der Waals surface area contributed by atoms with E-state index >= 15 is 0 Å². The van der Waals surface area contributed by atoms with Gasteiger partial charge in [0.05, 0.1) is 13.0 Å². The van der Waals surface area contributed by atoms with Crippen molar-refractivity contribution in [3.05, 3.63) is 22.8 Å². The third kappa shape index (κ3) is 3.51. The van der Waals surface area contributed by atoms with Crippen LogP contribution in [0.25, 0.3) is 0 Å². The molecule has 1 fully saturated rings. The second-order valence-electron chi connectivity index (χ2n) is 11.6. The van der Waals surface area contributed by atoms with Crippen molar-refractivity contribution >= 4 is 5.97 Å². The number of fused-ring (bicyclic) bond motifs is 2. The Kier molecular flexibility index (Phi) is 6.67. The average molecular weight is 415 g/mol. The number of esters is 1. The summed E-state index contributed by atoms with van der Waals surface area (Å²) in [6.07, 6.45) is 12.9. The fraction of sp³-hybridized carbons (Fsp3) is 0.821. The van der Waals surface area contributed by atoms with E-state index in [0.717, 1.165) is 25.2 Å². The summed E-state index contributed by atoms with van der Waals surface area (Å²) in [7, 11) is 1.57. The third-order valence-corrected chi connectivity index (χ3v) is 10.3. The van der Waals surface area contributed by atoms with Gasteiger partial charge in [-0.3, -0.25) is 4.79 Å². The van der Waals surface area contributed by atoms with Crippen molar-refractivity contribution in [2.24, 2.45) is 34.0 Å². The van der Waals surface area contributed by atoms with Crippen LogP contribution < -0.4 is 0 Å². The van der Waals surface area contributed by atoms with Crippen LogP contribution in [0.15, 0.2) is 22.8 Å². The summed E-state index contributed by atoms with van der Waals surface area (Å²) in [4.78, 5) is 12.9. The quantitative estimate of drug-likeness (QED) is 0.326. The van der Waals surface area contributed by atoms with Crippen molar-refractivity contribution in [3.63, 3.8) is 0 Å². The van der Waals surface area contributed by atoms with E-state index in [2.05, 4.69) is 54.5 Å². The molecule has 0 aromatic heterocycles. The number of carbonyl (C=O) groups is 1. The summed E-state index contributed by atoms with van der Waals surface area (Å²) >= 11 is 0. The van der Waals surface area contributed by atoms with Crippen molar-refractivity contribution in [2.75, 3.05) is 7.11 Å². The molecule has 1 saturated carbocycles. The zero-order valence-electron chi connectivity index (χ0n) is 21.0. The Hall–Kier alpha value is -1.05.